The summed E-state index contributed by atoms with van der Waals surface area (Å²) in [6.45, 7) is 0. The van der Waals surface area contributed by atoms with Crippen LogP contribution < -0.4 is 0 Å². The van der Waals surface area contributed by atoms with Crippen LogP contribution in [0.25, 0.3) is 0 Å². The maximum atomic E-state index is 12.0. The quantitative estimate of drug-likeness (QED) is 0.443. The first-order valence-corrected chi connectivity index (χ1v) is 2.33. The smallest absolute Gasteiger partial charge is 0.180 e. The van der Waals surface area contributed by atoms with Gasteiger partial charge in [-0.25, -0.2) is 13.2 Å². The number of hydrogen-bond acceptors (Lipinski definition) is 0. The summed E-state index contributed by atoms with van der Waals surface area (Å²) in [4.78, 5) is 0. The molecule has 0 aromatic heterocycles. The first-order chi connectivity index (χ1) is 4.22. The summed E-state index contributed by atoms with van der Waals surface area (Å²) in [6, 6.07) is 0. The van der Waals surface area contributed by atoms with Crippen molar-refractivity contribution >= 4 is 0 Å². The summed E-state index contributed by atoms with van der Waals surface area (Å²) in [5, 5.41) is 0. The first-order valence-electron chi connectivity index (χ1n) is 2.33. The molecule has 0 spiro atoms. The van der Waals surface area contributed by atoms with E-state index < -0.39 is 17.8 Å². The Labute approximate surface area is 50.0 Å². The number of hydrogen-bond donors (Lipinski definition) is 0. The molecular weight excluding hydrogens is 129 g/mol. The van der Waals surface area contributed by atoms with Crippen LogP contribution in [0.15, 0.2) is 29.5 Å². The molecule has 0 fully saturated rings. The molecule has 1 unspecified atom stereocenters. The van der Waals surface area contributed by atoms with E-state index in [1.165, 1.54) is 0 Å². The lowest BCUT2D eigenvalue weighted by Crippen LogP contribution is -1.98. The molecule has 0 N–H and O–H groups in total. The topological polar surface area (TPSA) is 0 Å². The van der Waals surface area contributed by atoms with Crippen molar-refractivity contribution < 1.29 is 13.2 Å². The Morgan fingerprint density at radius 3 is 2.56 bits per heavy atom. The Bertz CT molecular complexity index is 208. The van der Waals surface area contributed by atoms with Crippen molar-refractivity contribution in [1.29, 1.82) is 0 Å². The third kappa shape index (κ3) is 1.06. The summed E-state index contributed by atoms with van der Waals surface area (Å²) in [5.41, 5.74) is 2.12. The molecule has 0 aromatic rings. The van der Waals surface area contributed by atoms with Gasteiger partial charge in [-0.15, -0.1) is 5.73 Å². The normalized spacial score (nSPS) is 25.4. The van der Waals surface area contributed by atoms with Gasteiger partial charge in [-0.2, -0.15) is 0 Å². The largest absolute Gasteiger partial charge is 0.234 e. The molecule has 0 aromatic carbocycles. The van der Waals surface area contributed by atoms with E-state index in [1.807, 2.05) is 0 Å². The van der Waals surface area contributed by atoms with E-state index in [4.69, 9.17) is 0 Å². The van der Waals surface area contributed by atoms with Gasteiger partial charge in [0.1, 0.15) is 0 Å². The summed E-state index contributed by atoms with van der Waals surface area (Å²) >= 11 is 0. The molecule has 0 heterocycles. The Morgan fingerprint density at radius 2 is 2.11 bits per heavy atom. The molecule has 1 aliphatic carbocycles. The van der Waals surface area contributed by atoms with Crippen LogP contribution in [-0.4, -0.2) is 6.17 Å². The Balaban J connectivity index is 3.01. The van der Waals surface area contributed by atoms with Gasteiger partial charge in [0.25, 0.3) is 0 Å². The average molecular weight is 132 g/mol. The zero-order chi connectivity index (χ0) is 6.85. The van der Waals surface area contributed by atoms with Gasteiger partial charge in [0.05, 0.1) is 0 Å². The second-order valence-corrected chi connectivity index (χ2v) is 1.58. The molecule has 48 valence electrons. The van der Waals surface area contributed by atoms with E-state index in [1.54, 1.807) is 0 Å². The standard InChI is InChI=1S/C6H3F3/c7-4-2-1-3-5(8)6(4)9/h2-4H. The van der Waals surface area contributed by atoms with Gasteiger partial charge in [0.2, 0.25) is 0 Å². The number of halogens is 3. The van der Waals surface area contributed by atoms with Crippen LogP contribution in [-0.2, 0) is 0 Å². The highest BCUT2D eigenvalue weighted by atomic mass is 19.2. The van der Waals surface area contributed by atoms with Crippen LogP contribution in [0.5, 0.6) is 0 Å². The molecule has 3 heteroatoms. The van der Waals surface area contributed by atoms with E-state index in [2.05, 4.69) is 5.73 Å². The minimum absolute atomic E-state index is 0.755. The fourth-order valence-electron chi connectivity index (χ4n) is 0.480. The third-order valence-corrected chi connectivity index (χ3v) is 0.923. The van der Waals surface area contributed by atoms with E-state index in [0.29, 0.717) is 0 Å². The lowest BCUT2D eigenvalue weighted by Gasteiger charge is -1.99. The fourth-order valence-corrected chi connectivity index (χ4v) is 0.480. The van der Waals surface area contributed by atoms with E-state index in [0.717, 1.165) is 12.2 Å². The van der Waals surface area contributed by atoms with Gasteiger partial charge in [-0.05, 0) is 6.08 Å². The molecule has 0 saturated heterocycles. The van der Waals surface area contributed by atoms with Crippen LogP contribution in [0.3, 0.4) is 0 Å². The Kier molecular flexibility index (Phi) is 1.45. The SMILES string of the molecule is FC1=C(F)C(F)C=C=C1. The summed E-state index contributed by atoms with van der Waals surface area (Å²) in [6.07, 6.45) is -0.376. The number of rotatable bonds is 0. The maximum Gasteiger partial charge on any atom is 0.180 e. The van der Waals surface area contributed by atoms with Crippen molar-refractivity contribution in [3.63, 3.8) is 0 Å². The highest BCUT2D eigenvalue weighted by molar-refractivity contribution is 5.25. The Hall–Kier alpha value is -0.950. The molecule has 1 rings (SSSR count). The molecule has 9 heavy (non-hydrogen) atoms. The molecule has 1 atom stereocenters. The van der Waals surface area contributed by atoms with Gasteiger partial charge in [-0.1, -0.05) is 0 Å². The molecule has 1 aliphatic rings. The number of alkyl halides is 1. The second kappa shape index (κ2) is 2.11. The van der Waals surface area contributed by atoms with Crippen molar-refractivity contribution in [2.24, 2.45) is 0 Å². The monoisotopic (exact) mass is 132 g/mol. The molecule has 0 amide bonds. The highest BCUT2D eigenvalue weighted by Crippen LogP contribution is 2.19. The molecule has 0 bridgehead atoms. The molecule has 0 aliphatic heterocycles. The number of allylic oxidation sites excluding steroid dienone is 3. The zero-order valence-electron chi connectivity index (χ0n) is 4.37. The van der Waals surface area contributed by atoms with Crippen molar-refractivity contribution in [2.75, 3.05) is 0 Å². The fraction of sp³-hybridized carbons (Fsp3) is 0.167. The average Bonchev–Trinajstić information content (AvgIpc) is 1.83. The maximum absolute atomic E-state index is 12.0. The first kappa shape index (κ1) is 6.17. The lowest BCUT2D eigenvalue weighted by atomic mass is 10.2. The van der Waals surface area contributed by atoms with Crippen LogP contribution in [0, 0.1) is 0 Å². The van der Waals surface area contributed by atoms with Gasteiger partial charge < -0.3 is 0 Å². The summed E-state index contributed by atoms with van der Waals surface area (Å²) in [7, 11) is 0. The van der Waals surface area contributed by atoms with Crippen LogP contribution in [0.4, 0.5) is 13.2 Å². The van der Waals surface area contributed by atoms with Crippen molar-refractivity contribution in [3.8, 4) is 0 Å². The lowest BCUT2D eigenvalue weighted by molar-refractivity contribution is 0.363. The predicted molar refractivity (Wildman–Crippen MR) is 26.8 cm³/mol. The summed E-state index contributed by atoms with van der Waals surface area (Å²) in [5.74, 6) is -2.54. The molecule has 0 nitrogen and oxygen atoms in total. The van der Waals surface area contributed by atoms with Crippen molar-refractivity contribution in [3.05, 3.63) is 29.5 Å². The minimum Gasteiger partial charge on any atom is -0.234 e. The molecular formula is C6H3F3. The van der Waals surface area contributed by atoms with E-state index in [-0.39, 0.29) is 0 Å². The summed E-state index contributed by atoms with van der Waals surface area (Å²) < 4.78 is 36.0. The zero-order valence-corrected chi connectivity index (χ0v) is 4.37. The molecule has 0 radical (unpaired) electrons. The van der Waals surface area contributed by atoms with Crippen molar-refractivity contribution in [1.82, 2.24) is 0 Å². The third-order valence-electron chi connectivity index (χ3n) is 0.923. The van der Waals surface area contributed by atoms with Gasteiger partial charge in [-0.3, -0.25) is 0 Å². The van der Waals surface area contributed by atoms with Crippen LogP contribution in [0.1, 0.15) is 0 Å². The van der Waals surface area contributed by atoms with E-state index >= 15 is 0 Å². The van der Waals surface area contributed by atoms with E-state index in [9.17, 15) is 13.2 Å². The highest BCUT2D eigenvalue weighted by Gasteiger charge is 2.15. The van der Waals surface area contributed by atoms with Gasteiger partial charge in [0, 0.05) is 6.08 Å². The Morgan fingerprint density at radius 1 is 1.44 bits per heavy atom. The second-order valence-electron chi connectivity index (χ2n) is 1.58. The van der Waals surface area contributed by atoms with Gasteiger partial charge in [0.15, 0.2) is 17.8 Å². The van der Waals surface area contributed by atoms with Crippen molar-refractivity contribution in [2.45, 2.75) is 6.17 Å². The minimum atomic E-state index is -1.95. The molecule has 0 saturated carbocycles. The van der Waals surface area contributed by atoms with Gasteiger partial charge >= 0.3 is 0 Å². The predicted octanol–water partition coefficient (Wildman–Crippen LogP) is 2.20. The van der Waals surface area contributed by atoms with Crippen LogP contribution >= 0.6 is 0 Å². The van der Waals surface area contributed by atoms with Crippen LogP contribution in [0.2, 0.25) is 0 Å².